The molecule has 1 aromatic carbocycles. The zero-order valence-electron chi connectivity index (χ0n) is 8.47. The summed E-state index contributed by atoms with van der Waals surface area (Å²) in [5.41, 5.74) is 1.19. The lowest BCUT2D eigenvalue weighted by molar-refractivity contribution is 0.479. The van der Waals surface area contributed by atoms with E-state index in [-0.39, 0.29) is 12.4 Å². The molecule has 0 spiro atoms. The largest absolute Gasteiger partial charge is 0.339 e. The van der Waals surface area contributed by atoms with Crippen LogP contribution < -0.4 is 5.01 Å². The summed E-state index contributed by atoms with van der Waals surface area (Å²) in [5, 5.41) is 6.67. The third-order valence-electron chi connectivity index (χ3n) is 2.79. The molecule has 15 heavy (non-hydrogen) atoms. The summed E-state index contributed by atoms with van der Waals surface area (Å²) in [6.07, 6.45) is 2.41. The average Bonchev–Trinajstić information content (AvgIpc) is 2.78. The van der Waals surface area contributed by atoms with Gasteiger partial charge in [-0.3, -0.25) is 0 Å². The Bertz CT molecular complexity index is 363. The van der Waals surface area contributed by atoms with Crippen molar-refractivity contribution in [2.24, 2.45) is 5.10 Å². The number of anilines is 1. The summed E-state index contributed by atoms with van der Waals surface area (Å²) < 4.78 is 0. The van der Waals surface area contributed by atoms with Crippen LogP contribution in [0.5, 0.6) is 0 Å². The molecule has 1 aromatic rings. The van der Waals surface area contributed by atoms with E-state index in [4.69, 9.17) is 0 Å². The van der Waals surface area contributed by atoms with Crippen molar-refractivity contribution in [3.05, 3.63) is 30.3 Å². The molecule has 0 bridgehead atoms. The molecule has 0 atom stereocenters. The van der Waals surface area contributed by atoms with Gasteiger partial charge in [-0.25, -0.2) is 5.01 Å². The fourth-order valence-corrected chi connectivity index (χ4v) is 2.05. The molecule has 1 saturated heterocycles. The first kappa shape index (κ1) is 10.3. The Labute approximate surface area is 95.8 Å². The Kier molecular flexibility index (Phi) is 2.82. The number of benzene rings is 1. The lowest BCUT2D eigenvalue weighted by atomic mass is 10.3. The van der Waals surface area contributed by atoms with Gasteiger partial charge in [0.05, 0.1) is 5.69 Å². The Hall–Kier alpha value is -1.22. The van der Waals surface area contributed by atoms with Gasteiger partial charge in [-0.15, -0.1) is 12.4 Å². The van der Waals surface area contributed by atoms with Crippen molar-refractivity contribution in [3.8, 4) is 0 Å². The molecule has 3 rings (SSSR count). The van der Waals surface area contributed by atoms with Crippen LogP contribution in [0.1, 0.15) is 12.8 Å². The SMILES string of the molecule is Cl.c1ccc(N2CN3CCCC3=N2)cc1. The topological polar surface area (TPSA) is 18.8 Å². The van der Waals surface area contributed by atoms with Crippen molar-refractivity contribution in [2.75, 3.05) is 18.2 Å². The van der Waals surface area contributed by atoms with Crippen LogP contribution in [0.3, 0.4) is 0 Å². The van der Waals surface area contributed by atoms with Crippen molar-refractivity contribution in [3.63, 3.8) is 0 Å². The molecular formula is C11H14ClN3. The van der Waals surface area contributed by atoms with Crippen LogP contribution in [0, 0.1) is 0 Å². The minimum Gasteiger partial charge on any atom is -0.339 e. The molecular weight excluding hydrogens is 210 g/mol. The van der Waals surface area contributed by atoms with Crippen LogP contribution in [0.25, 0.3) is 0 Å². The maximum atomic E-state index is 4.60. The van der Waals surface area contributed by atoms with E-state index in [0.717, 1.165) is 13.1 Å². The van der Waals surface area contributed by atoms with E-state index < -0.39 is 0 Å². The quantitative estimate of drug-likeness (QED) is 0.728. The fraction of sp³-hybridized carbons (Fsp3) is 0.364. The highest BCUT2D eigenvalue weighted by atomic mass is 35.5. The molecule has 80 valence electrons. The molecule has 1 fully saturated rings. The fourth-order valence-electron chi connectivity index (χ4n) is 2.05. The first-order chi connectivity index (χ1) is 6.93. The van der Waals surface area contributed by atoms with Crippen molar-refractivity contribution in [1.82, 2.24) is 4.90 Å². The second-order valence-electron chi connectivity index (χ2n) is 3.76. The van der Waals surface area contributed by atoms with Crippen molar-refractivity contribution in [2.45, 2.75) is 12.8 Å². The molecule has 0 aromatic heterocycles. The molecule has 0 N–H and O–H groups in total. The molecule has 3 nitrogen and oxygen atoms in total. The zero-order chi connectivity index (χ0) is 9.38. The Balaban J connectivity index is 0.000000853. The van der Waals surface area contributed by atoms with E-state index in [1.807, 2.05) is 6.07 Å². The number of hydrogen-bond acceptors (Lipinski definition) is 3. The van der Waals surface area contributed by atoms with Gasteiger partial charge in [-0.1, -0.05) is 18.2 Å². The molecule has 0 unspecified atom stereocenters. The van der Waals surface area contributed by atoms with Gasteiger partial charge in [0.1, 0.15) is 12.5 Å². The number of amidine groups is 1. The summed E-state index contributed by atoms with van der Waals surface area (Å²) in [6, 6.07) is 10.4. The predicted octanol–water partition coefficient (Wildman–Crippen LogP) is 2.30. The summed E-state index contributed by atoms with van der Waals surface area (Å²) in [6.45, 7) is 2.10. The normalized spacial score (nSPS) is 18.5. The van der Waals surface area contributed by atoms with Crippen LogP contribution >= 0.6 is 12.4 Å². The summed E-state index contributed by atoms with van der Waals surface area (Å²) in [7, 11) is 0. The Morgan fingerprint density at radius 2 is 1.93 bits per heavy atom. The minimum absolute atomic E-state index is 0. The van der Waals surface area contributed by atoms with E-state index in [0.29, 0.717) is 0 Å². The van der Waals surface area contributed by atoms with Crippen LogP contribution in [0.2, 0.25) is 0 Å². The van der Waals surface area contributed by atoms with Crippen molar-refractivity contribution in [1.29, 1.82) is 0 Å². The Morgan fingerprint density at radius 1 is 1.13 bits per heavy atom. The lowest BCUT2D eigenvalue weighted by Crippen LogP contribution is -2.26. The summed E-state index contributed by atoms with van der Waals surface area (Å²) >= 11 is 0. The standard InChI is InChI=1S/C11H13N3.ClH/c1-2-5-10(6-3-1)14-9-13-8-4-7-11(13)12-14;/h1-3,5-6H,4,7-9H2;1H. The second kappa shape index (κ2) is 4.11. The molecule has 0 radical (unpaired) electrons. The van der Waals surface area contributed by atoms with Gasteiger partial charge in [0.2, 0.25) is 0 Å². The number of nitrogens with zero attached hydrogens (tertiary/aromatic N) is 3. The van der Waals surface area contributed by atoms with Crippen LogP contribution in [0.4, 0.5) is 5.69 Å². The van der Waals surface area contributed by atoms with Crippen LogP contribution in [-0.2, 0) is 0 Å². The maximum absolute atomic E-state index is 4.60. The van der Waals surface area contributed by atoms with E-state index in [1.165, 1.54) is 24.5 Å². The van der Waals surface area contributed by atoms with E-state index in [1.54, 1.807) is 0 Å². The van der Waals surface area contributed by atoms with Crippen LogP contribution in [0.15, 0.2) is 35.4 Å². The molecule has 0 aliphatic carbocycles. The molecule has 0 amide bonds. The molecule has 2 aliphatic rings. The van der Waals surface area contributed by atoms with Gasteiger partial charge in [0, 0.05) is 13.0 Å². The summed E-state index contributed by atoms with van der Waals surface area (Å²) in [5.74, 6) is 1.26. The molecule has 2 aliphatic heterocycles. The Morgan fingerprint density at radius 3 is 2.67 bits per heavy atom. The van der Waals surface area contributed by atoms with E-state index >= 15 is 0 Å². The molecule has 0 saturated carbocycles. The average molecular weight is 224 g/mol. The van der Waals surface area contributed by atoms with Gasteiger partial charge in [-0.05, 0) is 18.6 Å². The van der Waals surface area contributed by atoms with E-state index in [9.17, 15) is 0 Å². The third kappa shape index (κ3) is 1.79. The zero-order valence-corrected chi connectivity index (χ0v) is 9.28. The van der Waals surface area contributed by atoms with Gasteiger partial charge in [0.25, 0.3) is 0 Å². The third-order valence-corrected chi connectivity index (χ3v) is 2.79. The number of para-hydroxylation sites is 1. The lowest BCUT2D eigenvalue weighted by Gasteiger charge is -2.16. The number of hydrazone groups is 1. The van der Waals surface area contributed by atoms with Gasteiger partial charge < -0.3 is 4.90 Å². The number of fused-ring (bicyclic) bond motifs is 1. The molecule has 4 heteroatoms. The van der Waals surface area contributed by atoms with Gasteiger partial charge >= 0.3 is 0 Å². The first-order valence-electron chi connectivity index (χ1n) is 5.08. The molecule has 2 heterocycles. The van der Waals surface area contributed by atoms with Gasteiger partial charge in [0.15, 0.2) is 0 Å². The van der Waals surface area contributed by atoms with Crippen LogP contribution in [-0.4, -0.2) is 23.9 Å². The first-order valence-corrected chi connectivity index (χ1v) is 5.08. The van der Waals surface area contributed by atoms with Crippen molar-refractivity contribution < 1.29 is 0 Å². The minimum atomic E-state index is 0. The number of halogens is 1. The van der Waals surface area contributed by atoms with E-state index in [2.05, 4.69) is 39.3 Å². The highest BCUT2D eigenvalue weighted by molar-refractivity contribution is 5.87. The second-order valence-corrected chi connectivity index (χ2v) is 3.76. The highest BCUT2D eigenvalue weighted by Gasteiger charge is 2.27. The monoisotopic (exact) mass is 223 g/mol. The number of hydrogen-bond donors (Lipinski definition) is 0. The van der Waals surface area contributed by atoms with Crippen molar-refractivity contribution >= 4 is 23.9 Å². The highest BCUT2D eigenvalue weighted by Crippen LogP contribution is 2.23. The predicted molar refractivity (Wildman–Crippen MR) is 64.4 cm³/mol. The number of rotatable bonds is 1. The summed E-state index contributed by atoms with van der Waals surface area (Å²) in [4.78, 5) is 2.35. The van der Waals surface area contributed by atoms with Gasteiger partial charge in [-0.2, -0.15) is 5.10 Å². The maximum Gasteiger partial charge on any atom is 0.127 e. The smallest absolute Gasteiger partial charge is 0.127 e.